The molecule has 0 amide bonds. The number of fused-ring (bicyclic) bond motifs is 2. The Morgan fingerprint density at radius 2 is 1.18 bits per heavy atom. The van der Waals surface area contributed by atoms with Crippen molar-refractivity contribution in [1.82, 2.24) is 0 Å². The second-order valence-corrected chi connectivity index (χ2v) is 8.96. The van der Waals surface area contributed by atoms with Crippen LogP contribution in [0.5, 0.6) is 0 Å². The molecule has 6 aliphatic rings. The first kappa shape index (κ1) is 16.3. The molecule has 4 atom stereocenters. The summed E-state index contributed by atoms with van der Waals surface area (Å²) in [6.45, 7) is 9.87. The summed E-state index contributed by atoms with van der Waals surface area (Å²) in [5, 5.41) is 18.1. The first-order valence-corrected chi connectivity index (χ1v) is 8.91. The van der Waals surface area contributed by atoms with Crippen LogP contribution in [0.4, 0.5) is 0 Å². The van der Waals surface area contributed by atoms with Gasteiger partial charge in [0.1, 0.15) is 0 Å². The third-order valence-corrected chi connectivity index (χ3v) is 7.53. The molecule has 0 aromatic rings. The van der Waals surface area contributed by atoms with Crippen LogP contribution in [0.25, 0.3) is 0 Å². The van der Waals surface area contributed by atoms with Crippen molar-refractivity contribution in [2.24, 2.45) is 34.5 Å². The predicted molar refractivity (Wildman–Crippen MR) is 90.3 cm³/mol. The Balaban J connectivity index is 0.000000131. The lowest BCUT2D eigenvalue weighted by molar-refractivity contribution is -0.0125. The molecule has 0 aromatic heterocycles. The van der Waals surface area contributed by atoms with E-state index in [2.05, 4.69) is 39.8 Å². The predicted octanol–water partition coefficient (Wildman–Crippen LogP) is 3.94. The van der Waals surface area contributed by atoms with E-state index in [0.29, 0.717) is 22.7 Å². The largest absolute Gasteiger partial charge is 0.392 e. The lowest BCUT2D eigenvalue weighted by Crippen LogP contribution is -2.48. The Bertz CT molecular complexity index is 452. The Kier molecular flexibility index (Phi) is 4.06. The van der Waals surface area contributed by atoms with Crippen LogP contribution in [-0.2, 0) is 0 Å². The SMILES string of the molecule is CC1(C)C2CC=C(CO)C1C2.CC1(C)C2CC=C(CO)C1C2. The summed E-state index contributed by atoms with van der Waals surface area (Å²) in [5.41, 5.74) is 3.54. The van der Waals surface area contributed by atoms with Crippen LogP contribution in [0.15, 0.2) is 23.3 Å². The molecule has 22 heavy (non-hydrogen) atoms. The van der Waals surface area contributed by atoms with Gasteiger partial charge in [0, 0.05) is 0 Å². The number of allylic oxidation sites excluding steroid dienone is 2. The van der Waals surface area contributed by atoms with Gasteiger partial charge in [0.15, 0.2) is 0 Å². The normalized spacial score (nSPS) is 39.4. The van der Waals surface area contributed by atoms with Crippen molar-refractivity contribution in [1.29, 1.82) is 0 Å². The lowest BCUT2D eigenvalue weighted by atomic mass is 9.49. The smallest absolute Gasteiger partial charge is 0.0644 e. The number of hydrogen-bond acceptors (Lipinski definition) is 2. The zero-order valence-corrected chi connectivity index (χ0v) is 14.6. The Morgan fingerprint density at radius 3 is 1.36 bits per heavy atom. The zero-order chi connectivity index (χ0) is 16.1. The minimum Gasteiger partial charge on any atom is -0.392 e. The van der Waals surface area contributed by atoms with Gasteiger partial charge in [-0.25, -0.2) is 0 Å². The molecule has 2 heteroatoms. The van der Waals surface area contributed by atoms with Gasteiger partial charge in [-0.15, -0.1) is 0 Å². The highest BCUT2D eigenvalue weighted by Crippen LogP contribution is 2.59. The molecule has 2 saturated carbocycles. The molecule has 124 valence electrons. The van der Waals surface area contributed by atoms with Gasteiger partial charge in [0.2, 0.25) is 0 Å². The summed E-state index contributed by atoms with van der Waals surface area (Å²) in [5.74, 6) is 3.16. The van der Waals surface area contributed by atoms with Gasteiger partial charge in [-0.1, -0.05) is 39.8 Å². The quantitative estimate of drug-likeness (QED) is 0.759. The fourth-order valence-electron chi connectivity index (χ4n) is 5.31. The first-order chi connectivity index (χ1) is 10.3. The van der Waals surface area contributed by atoms with E-state index in [-0.39, 0.29) is 13.2 Å². The molecule has 0 heterocycles. The van der Waals surface area contributed by atoms with E-state index >= 15 is 0 Å². The maximum Gasteiger partial charge on any atom is 0.0644 e. The average Bonchev–Trinajstić information content (AvgIpc) is 2.54. The molecule has 0 radical (unpaired) electrons. The maximum atomic E-state index is 9.05. The highest BCUT2D eigenvalue weighted by atomic mass is 16.3. The van der Waals surface area contributed by atoms with Gasteiger partial charge in [-0.05, 0) is 71.3 Å². The Labute approximate surface area is 135 Å². The average molecular weight is 304 g/mol. The summed E-state index contributed by atoms with van der Waals surface area (Å²) in [4.78, 5) is 0. The van der Waals surface area contributed by atoms with Crippen molar-refractivity contribution >= 4 is 0 Å². The summed E-state index contributed by atoms with van der Waals surface area (Å²) in [6.07, 6.45) is 9.51. The van der Waals surface area contributed by atoms with Gasteiger partial charge in [0.05, 0.1) is 13.2 Å². The molecule has 2 fully saturated rings. The number of aliphatic hydroxyl groups is 2. The first-order valence-electron chi connectivity index (χ1n) is 8.91. The van der Waals surface area contributed by atoms with Crippen molar-refractivity contribution in [2.45, 2.75) is 53.4 Å². The van der Waals surface area contributed by atoms with E-state index in [9.17, 15) is 0 Å². The molecule has 6 rings (SSSR count). The van der Waals surface area contributed by atoms with Crippen LogP contribution >= 0.6 is 0 Å². The Morgan fingerprint density at radius 1 is 0.818 bits per heavy atom. The van der Waals surface area contributed by atoms with Gasteiger partial charge in [0.25, 0.3) is 0 Å². The van der Waals surface area contributed by atoms with Crippen molar-refractivity contribution in [2.75, 3.05) is 13.2 Å². The second-order valence-electron chi connectivity index (χ2n) is 8.96. The van der Waals surface area contributed by atoms with Crippen LogP contribution in [0, 0.1) is 34.5 Å². The monoisotopic (exact) mass is 304 g/mol. The van der Waals surface area contributed by atoms with Gasteiger partial charge < -0.3 is 10.2 Å². The Hall–Kier alpha value is -0.600. The highest BCUT2D eigenvalue weighted by Gasteiger charge is 2.51. The van der Waals surface area contributed by atoms with Crippen LogP contribution in [0.3, 0.4) is 0 Å². The van der Waals surface area contributed by atoms with E-state index < -0.39 is 0 Å². The van der Waals surface area contributed by atoms with E-state index in [1.54, 1.807) is 0 Å². The lowest BCUT2D eigenvalue weighted by Gasteiger charge is -2.56. The number of aliphatic hydroxyl groups excluding tert-OH is 2. The van der Waals surface area contributed by atoms with Crippen LogP contribution in [-0.4, -0.2) is 23.4 Å². The number of hydrogen-bond donors (Lipinski definition) is 2. The van der Waals surface area contributed by atoms with Crippen LogP contribution < -0.4 is 0 Å². The molecule has 0 aliphatic heterocycles. The van der Waals surface area contributed by atoms with Crippen LogP contribution in [0.2, 0.25) is 0 Å². The van der Waals surface area contributed by atoms with Crippen molar-refractivity contribution in [3.05, 3.63) is 23.3 Å². The molecule has 2 nitrogen and oxygen atoms in total. The van der Waals surface area contributed by atoms with Crippen molar-refractivity contribution < 1.29 is 10.2 Å². The fraction of sp³-hybridized carbons (Fsp3) is 0.800. The van der Waals surface area contributed by atoms with E-state index in [4.69, 9.17) is 10.2 Å². The van der Waals surface area contributed by atoms with Gasteiger partial charge >= 0.3 is 0 Å². The van der Waals surface area contributed by atoms with Crippen LogP contribution in [0.1, 0.15) is 53.4 Å². The molecule has 4 unspecified atom stereocenters. The van der Waals surface area contributed by atoms with E-state index in [0.717, 1.165) is 11.8 Å². The third-order valence-electron chi connectivity index (χ3n) is 7.53. The summed E-state index contributed by atoms with van der Waals surface area (Å²) >= 11 is 0. The van der Waals surface area contributed by atoms with Gasteiger partial charge in [-0.2, -0.15) is 0 Å². The topological polar surface area (TPSA) is 40.5 Å². The summed E-state index contributed by atoms with van der Waals surface area (Å²) < 4.78 is 0. The highest BCUT2D eigenvalue weighted by molar-refractivity contribution is 5.24. The van der Waals surface area contributed by atoms with E-state index in [1.807, 2.05) is 0 Å². The molecular formula is C20H32O2. The maximum absolute atomic E-state index is 9.05. The standard InChI is InChI=1S/2C10H16O/c2*1-10(2)8-4-3-7(6-11)9(10)5-8/h2*3,8-9,11H,4-6H2,1-2H3. The molecule has 2 N–H and O–H groups in total. The minimum atomic E-state index is 0.279. The van der Waals surface area contributed by atoms with Crippen molar-refractivity contribution in [3.63, 3.8) is 0 Å². The minimum absolute atomic E-state index is 0.279. The van der Waals surface area contributed by atoms with Gasteiger partial charge in [-0.3, -0.25) is 0 Å². The van der Waals surface area contributed by atoms with Crippen molar-refractivity contribution in [3.8, 4) is 0 Å². The molecule has 4 bridgehead atoms. The molecule has 0 aromatic carbocycles. The molecule has 6 aliphatic carbocycles. The van der Waals surface area contributed by atoms with E-state index in [1.165, 1.54) is 36.8 Å². The third kappa shape index (κ3) is 2.30. The number of rotatable bonds is 2. The fourth-order valence-corrected chi connectivity index (χ4v) is 5.31. The zero-order valence-electron chi connectivity index (χ0n) is 14.6. The summed E-state index contributed by atoms with van der Waals surface area (Å²) in [6, 6.07) is 0. The molecular weight excluding hydrogens is 272 g/mol. The molecule has 0 saturated heterocycles. The second kappa shape index (κ2) is 5.49. The molecule has 0 spiro atoms. The summed E-state index contributed by atoms with van der Waals surface area (Å²) in [7, 11) is 0.